The van der Waals surface area contributed by atoms with Gasteiger partial charge in [0.25, 0.3) is 5.69 Å². The van der Waals surface area contributed by atoms with Crippen molar-refractivity contribution in [3.63, 3.8) is 0 Å². The second-order valence-corrected chi connectivity index (χ2v) is 7.89. The summed E-state index contributed by atoms with van der Waals surface area (Å²) in [7, 11) is 0. The molecule has 0 saturated heterocycles. The van der Waals surface area contributed by atoms with E-state index in [2.05, 4.69) is 0 Å². The quantitative estimate of drug-likeness (QED) is 0.472. The second-order valence-electron chi connectivity index (χ2n) is 7.49. The van der Waals surface area contributed by atoms with Crippen LogP contribution in [0.25, 0.3) is 0 Å². The van der Waals surface area contributed by atoms with Crippen LogP contribution in [0.1, 0.15) is 44.1 Å². The molecule has 4 rings (SSSR count). The Balaban J connectivity index is 1.87. The first-order valence-corrected chi connectivity index (χ1v) is 10.5. The van der Waals surface area contributed by atoms with Crippen LogP contribution in [0.15, 0.2) is 53.7 Å². The first-order chi connectivity index (χ1) is 14.9. The van der Waals surface area contributed by atoms with Gasteiger partial charge in [0.05, 0.1) is 17.2 Å². The van der Waals surface area contributed by atoms with Crippen molar-refractivity contribution in [3.05, 3.63) is 74.4 Å². The van der Waals surface area contributed by atoms with E-state index >= 15 is 0 Å². The number of ketones is 1. The van der Waals surface area contributed by atoms with Crippen molar-refractivity contribution in [2.75, 3.05) is 11.5 Å². The highest BCUT2D eigenvalue weighted by Crippen LogP contribution is 2.46. The molecule has 0 saturated carbocycles. The van der Waals surface area contributed by atoms with Crippen molar-refractivity contribution in [2.45, 2.75) is 38.5 Å². The minimum atomic E-state index is -0.581. The van der Waals surface area contributed by atoms with Crippen molar-refractivity contribution in [1.82, 2.24) is 0 Å². The number of nitro groups is 1. The number of rotatable bonds is 5. The van der Waals surface area contributed by atoms with E-state index in [-0.39, 0.29) is 28.8 Å². The maximum Gasteiger partial charge on any atom is 0.289 e. The summed E-state index contributed by atoms with van der Waals surface area (Å²) in [4.78, 5) is 38.6. The molecule has 31 heavy (non-hydrogen) atoms. The number of nitro benzene ring substituents is 1. The number of hydrogen-bond donors (Lipinski definition) is 0. The first-order valence-electron chi connectivity index (χ1n) is 10.2. The van der Waals surface area contributed by atoms with Gasteiger partial charge in [0.2, 0.25) is 5.91 Å². The number of amides is 1. The van der Waals surface area contributed by atoms with Gasteiger partial charge in [-0.3, -0.25) is 24.6 Å². The Bertz CT molecular complexity index is 1110. The Labute approximate surface area is 184 Å². The summed E-state index contributed by atoms with van der Waals surface area (Å²) in [6, 6.07) is 11.7. The van der Waals surface area contributed by atoms with Crippen molar-refractivity contribution >= 4 is 34.7 Å². The normalized spacial score (nSPS) is 18.8. The number of para-hydroxylation sites is 1. The Morgan fingerprint density at radius 1 is 1.19 bits per heavy atom. The molecule has 160 valence electrons. The summed E-state index contributed by atoms with van der Waals surface area (Å²) in [6.45, 7) is 2.35. The Kier molecular flexibility index (Phi) is 5.78. The molecule has 1 atom stereocenters. The number of Topliss-reactive ketones (excluding diaryl/α,β-unsaturated/α-hetero) is 1. The maximum atomic E-state index is 13.3. The maximum absolute atomic E-state index is 13.3. The van der Waals surface area contributed by atoms with Gasteiger partial charge in [0, 0.05) is 41.7 Å². The fourth-order valence-corrected chi connectivity index (χ4v) is 4.58. The van der Waals surface area contributed by atoms with Crippen LogP contribution in [-0.4, -0.2) is 23.2 Å². The summed E-state index contributed by atoms with van der Waals surface area (Å²) in [6.07, 6.45) is 1.65. The number of anilines is 1. The van der Waals surface area contributed by atoms with Crippen molar-refractivity contribution in [2.24, 2.45) is 0 Å². The molecule has 0 bridgehead atoms. The molecule has 1 amide bonds. The molecule has 1 heterocycles. The van der Waals surface area contributed by atoms with Gasteiger partial charge in [0.15, 0.2) is 5.78 Å². The number of carbonyl (C=O) groups is 2. The van der Waals surface area contributed by atoms with Gasteiger partial charge >= 0.3 is 0 Å². The zero-order valence-electron chi connectivity index (χ0n) is 17.0. The third-order valence-electron chi connectivity index (χ3n) is 5.65. The van der Waals surface area contributed by atoms with E-state index in [0.717, 1.165) is 5.56 Å². The molecule has 0 spiro atoms. The second kappa shape index (κ2) is 8.51. The van der Waals surface area contributed by atoms with Crippen LogP contribution in [0.2, 0.25) is 5.02 Å². The molecule has 1 aliphatic heterocycles. The lowest BCUT2D eigenvalue weighted by Gasteiger charge is -2.38. The van der Waals surface area contributed by atoms with Gasteiger partial charge in [-0.2, -0.15) is 0 Å². The Hall–Kier alpha value is -3.19. The summed E-state index contributed by atoms with van der Waals surface area (Å²) < 4.78 is 5.76. The largest absolute Gasteiger partial charge is 0.494 e. The molecule has 2 aromatic carbocycles. The van der Waals surface area contributed by atoms with Crippen LogP contribution in [0.5, 0.6) is 5.75 Å². The van der Waals surface area contributed by atoms with Crippen LogP contribution in [0, 0.1) is 10.1 Å². The third-order valence-corrected chi connectivity index (χ3v) is 5.97. The molecule has 8 heteroatoms. The van der Waals surface area contributed by atoms with Crippen LogP contribution >= 0.6 is 11.6 Å². The fraction of sp³-hybridized carbons (Fsp3) is 0.304. The number of halogens is 1. The summed E-state index contributed by atoms with van der Waals surface area (Å²) in [5, 5.41) is 11.3. The minimum absolute atomic E-state index is 0.00138. The predicted molar refractivity (Wildman–Crippen MR) is 116 cm³/mol. The van der Waals surface area contributed by atoms with E-state index in [4.69, 9.17) is 16.3 Å². The smallest absolute Gasteiger partial charge is 0.289 e. The zero-order chi connectivity index (χ0) is 22.1. The molecular weight excluding hydrogens is 420 g/mol. The SMILES string of the molecule is CCOc1ccccc1C1CC(=O)N(c2ccc(Cl)c([N+](=O)[O-])c2)C2=C1C(=O)CCC2. The molecule has 2 aromatic rings. The zero-order valence-corrected chi connectivity index (χ0v) is 17.7. The van der Waals surface area contributed by atoms with Gasteiger partial charge in [-0.15, -0.1) is 0 Å². The average molecular weight is 441 g/mol. The van der Waals surface area contributed by atoms with Gasteiger partial charge in [0.1, 0.15) is 10.8 Å². The summed E-state index contributed by atoms with van der Waals surface area (Å²) in [5.41, 5.74) is 2.08. The standard InChI is InChI=1S/C23H21ClN2O5/c1-2-31-21-9-4-3-6-15(21)16-13-22(28)25(18-7-5-8-20(27)23(16)18)14-10-11-17(24)19(12-14)26(29)30/h3-4,6,9-12,16H,2,5,7-8,13H2,1H3. The van der Waals surface area contributed by atoms with Gasteiger partial charge in [-0.25, -0.2) is 0 Å². The number of hydrogen-bond acceptors (Lipinski definition) is 5. The average Bonchev–Trinajstić information content (AvgIpc) is 2.74. The molecule has 0 radical (unpaired) electrons. The molecule has 0 fully saturated rings. The lowest BCUT2D eigenvalue weighted by Crippen LogP contribution is -2.40. The highest BCUT2D eigenvalue weighted by atomic mass is 35.5. The summed E-state index contributed by atoms with van der Waals surface area (Å²) >= 11 is 5.95. The van der Waals surface area contributed by atoms with Crippen molar-refractivity contribution in [3.8, 4) is 5.75 Å². The lowest BCUT2D eigenvalue weighted by atomic mass is 9.77. The van der Waals surface area contributed by atoms with Crippen molar-refractivity contribution in [1.29, 1.82) is 0 Å². The van der Waals surface area contributed by atoms with Gasteiger partial charge in [-0.1, -0.05) is 29.8 Å². The topological polar surface area (TPSA) is 89.8 Å². The van der Waals surface area contributed by atoms with Gasteiger partial charge in [-0.05, 0) is 38.0 Å². The minimum Gasteiger partial charge on any atom is -0.494 e. The van der Waals surface area contributed by atoms with E-state index in [1.54, 1.807) is 6.07 Å². The van der Waals surface area contributed by atoms with Crippen LogP contribution < -0.4 is 9.64 Å². The first kappa shape index (κ1) is 21.1. The Morgan fingerprint density at radius 3 is 2.71 bits per heavy atom. The molecule has 7 nitrogen and oxygen atoms in total. The van der Waals surface area contributed by atoms with E-state index in [0.29, 0.717) is 48.6 Å². The highest BCUT2D eigenvalue weighted by Gasteiger charge is 2.41. The Morgan fingerprint density at radius 2 is 1.97 bits per heavy atom. The predicted octanol–water partition coefficient (Wildman–Crippen LogP) is 5.17. The molecule has 1 unspecified atom stereocenters. The number of ether oxygens (including phenoxy) is 1. The van der Waals surface area contributed by atoms with E-state index < -0.39 is 10.8 Å². The number of nitrogens with zero attached hydrogens (tertiary/aromatic N) is 2. The van der Waals surface area contributed by atoms with Crippen LogP contribution in [0.4, 0.5) is 11.4 Å². The molecular formula is C23H21ClN2O5. The monoisotopic (exact) mass is 440 g/mol. The van der Waals surface area contributed by atoms with Crippen molar-refractivity contribution < 1.29 is 19.2 Å². The number of allylic oxidation sites excluding steroid dienone is 2. The molecule has 0 aromatic heterocycles. The molecule has 2 aliphatic rings. The van der Waals surface area contributed by atoms with Gasteiger partial charge < -0.3 is 4.74 Å². The number of benzene rings is 2. The summed E-state index contributed by atoms with van der Waals surface area (Å²) in [5.74, 6) is 0.0278. The fourth-order valence-electron chi connectivity index (χ4n) is 4.39. The van der Waals surface area contributed by atoms with E-state index in [1.807, 2.05) is 31.2 Å². The number of carbonyl (C=O) groups excluding carboxylic acids is 2. The van der Waals surface area contributed by atoms with E-state index in [1.165, 1.54) is 17.0 Å². The van der Waals surface area contributed by atoms with Crippen LogP contribution in [-0.2, 0) is 9.59 Å². The molecule has 1 aliphatic carbocycles. The third kappa shape index (κ3) is 3.81. The molecule has 0 N–H and O–H groups in total. The van der Waals surface area contributed by atoms with Crippen LogP contribution in [0.3, 0.4) is 0 Å². The highest BCUT2D eigenvalue weighted by molar-refractivity contribution is 6.32. The lowest BCUT2D eigenvalue weighted by molar-refractivity contribution is -0.384. The van der Waals surface area contributed by atoms with E-state index in [9.17, 15) is 19.7 Å².